The molecule has 0 radical (unpaired) electrons. The van der Waals surface area contributed by atoms with E-state index in [9.17, 15) is 4.79 Å². The number of ether oxygens (including phenoxy) is 1. The van der Waals surface area contributed by atoms with Crippen molar-refractivity contribution in [3.63, 3.8) is 0 Å². The van der Waals surface area contributed by atoms with Crippen molar-refractivity contribution in [1.82, 2.24) is 10.3 Å². The fourth-order valence-electron chi connectivity index (χ4n) is 1.88. The Morgan fingerprint density at radius 1 is 1.29 bits per heavy atom. The lowest BCUT2D eigenvalue weighted by atomic mass is 10.2. The molecule has 0 saturated carbocycles. The maximum atomic E-state index is 11.9. The highest BCUT2D eigenvalue weighted by Gasteiger charge is 2.07. The van der Waals surface area contributed by atoms with E-state index < -0.39 is 0 Å². The number of carbonyl (C=O) groups is 1. The summed E-state index contributed by atoms with van der Waals surface area (Å²) >= 11 is 0. The Morgan fingerprint density at radius 3 is 2.86 bits per heavy atom. The smallest absolute Gasteiger partial charge is 0.244 e. The van der Waals surface area contributed by atoms with Gasteiger partial charge >= 0.3 is 0 Å². The first-order chi connectivity index (χ1) is 10.2. The molecule has 0 aliphatic heterocycles. The number of nitrogens with zero attached hydrogens (tertiary/aromatic N) is 1. The molecule has 1 N–H and O–H groups in total. The zero-order valence-electron chi connectivity index (χ0n) is 12.1. The minimum absolute atomic E-state index is 0.131. The predicted molar refractivity (Wildman–Crippen MR) is 82.8 cm³/mol. The Kier molecular flexibility index (Phi) is 5.10. The number of hydrogen-bond acceptors (Lipinski definition) is 3. The van der Waals surface area contributed by atoms with Gasteiger partial charge in [0.1, 0.15) is 5.75 Å². The number of rotatable bonds is 5. The third-order valence-corrected chi connectivity index (χ3v) is 3.01. The molecule has 1 aromatic carbocycles. The van der Waals surface area contributed by atoms with Gasteiger partial charge in [0.05, 0.1) is 18.8 Å². The molecular formula is C17H18N2O2. The van der Waals surface area contributed by atoms with Gasteiger partial charge in [0.2, 0.25) is 5.91 Å². The molecule has 0 aliphatic rings. The summed E-state index contributed by atoms with van der Waals surface area (Å²) in [5.74, 6) is 0.607. The van der Waals surface area contributed by atoms with Crippen molar-refractivity contribution in [3.8, 4) is 5.75 Å². The molecule has 2 rings (SSSR count). The molecule has 108 valence electrons. The molecule has 4 nitrogen and oxygen atoms in total. The van der Waals surface area contributed by atoms with Crippen LogP contribution in [-0.4, -0.2) is 18.0 Å². The highest BCUT2D eigenvalue weighted by atomic mass is 16.5. The van der Waals surface area contributed by atoms with E-state index in [1.54, 1.807) is 19.4 Å². The minimum atomic E-state index is -0.157. The zero-order chi connectivity index (χ0) is 15.1. The van der Waals surface area contributed by atoms with Crippen LogP contribution < -0.4 is 10.1 Å². The van der Waals surface area contributed by atoms with Crippen LogP contribution in [0, 0.1) is 0 Å². The lowest BCUT2D eigenvalue weighted by molar-refractivity contribution is -0.117. The summed E-state index contributed by atoms with van der Waals surface area (Å²) in [4.78, 5) is 16.1. The monoisotopic (exact) mass is 282 g/mol. The lowest BCUT2D eigenvalue weighted by Gasteiger charge is -2.11. The number of aromatic nitrogens is 1. The average molecular weight is 282 g/mol. The van der Waals surface area contributed by atoms with Crippen LogP contribution in [0.1, 0.15) is 24.2 Å². The van der Waals surface area contributed by atoms with Gasteiger partial charge in [0.15, 0.2) is 0 Å². The first kappa shape index (κ1) is 14.8. The van der Waals surface area contributed by atoms with Crippen molar-refractivity contribution in [2.75, 3.05) is 7.11 Å². The molecule has 1 amide bonds. The Bertz CT molecular complexity index is 624. The third kappa shape index (κ3) is 4.45. The maximum absolute atomic E-state index is 11.9. The average Bonchev–Trinajstić information content (AvgIpc) is 2.54. The first-order valence-electron chi connectivity index (χ1n) is 6.72. The van der Waals surface area contributed by atoms with Gasteiger partial charge in [-0.1, -0.05) is 18.2 Å². The van der Waals surface area contributed by atoms with Crippen LogP contribution >= 0.6 is 0 Å². The normalized spacial score (nSPS) is 12.1. The van der Waals surface area contributed by atoms with Crippen molar-refractivity contribution in [2.24, 2.45) is 0 Å². The molecule has 4 heteroatoms. The number of benzene rings is 1. The lowest BCUT2D eigenvalue weighted by Crippen LogP contribution is -2.25. The molecule has 0 aliphatic carbocycles. The summed E-state index contributed by atoms with van der Waals surface area (Å²) in [6.45, 7) is 1.90. The predicted octanol–water partition coefficient (Wildman–Crippen LogP) is 2.98. The minimum Gasteiger partial charge on any atom is -0.497 e. The van der Waals surface area contributed by atoms with E-state index in [-0.39, 0.29) is 11.9 Å². The van der Waals surface area contributed by atoms with Crippen LogP contribution in [0.15, 0.2) is 54.7 Å². The summed E-state index contributed by atoms with van der Waals surface area (Å²) in [5, 5.41) is 2.88. The van der Waals surface area contributed by atoms with E-state index in [1.807, 2.05) is 49.4 Å². The quantitative estimate of drug-likeness (QED) is 0.858. The summed E-state index contributed by atoms with van der Waals surface area (Å²) < 4.78 is 5.14. The molecule has 0 saturated heterocycles. The van der Waals surface area contributed by atoms with Crippen molar-refractivity contribution in [2.45, 2.75) is 13.0 Å². The number of carbonyl (C=O) groups excluding carboxylic acids is 1. The Labute approximate surface area is 124 Å². The molecule has 0 fully saturated rings. The van der Waals surface area contributed by atoms with Gasteiger partial charge in [-0.15, -0.1) is 0 Å². The van der Waals surface area contributed by atoms with Gasteiger partial charge in [-0.25, -0.2) is 0 Å². The van der Waals surface area contributed by atoms with Crippen LogP contribution in [0.3, 0.4) is 0 Å². The van der Waals surface area contributed by atoms with Crippen LogP contribution in [-0.2, 0) is 4.79 Å². The molecular weight excluding hydrogens is 264 g/mol. The number of methoxy groups -OCH3 is 1. The van der Waals surface area contributed by atoms with E-state index in [4.69, 9.17) is 4.74 Å². The SMILES string of the molecule is COc1cccc(/C=C/C(=O)NC(C)c2ccccn2)c1. The third-order valence-electron chi connectivity index (χ3n) is 3.01. The number of amides is 1. The largest absolute Gasteiger partial charge is 0.497 e. The fraction of sp³-hybridized carbons (Fsp3) is 0.176. The van der Waals surface area contributed by atoms with E-state index in [0.717, 1.165) is 17.0 Å². The van der Waals surface area contributed by atoms with Gasteiger partial charge in [-0.3, -0.25) is 9.78 Å². The molecule has 1 atom stereocenters. The molecule has 2 aromatic rings. The highest BCUT2D eigenvalue weighted by molar-refractivity contribution is 5.91. The van der Waals surface area contributed by atoms with Crippen LogP contribution in [0.2, 0.25) is 0 Å². The second-order valence-electron chi connectivity index (χ2n) is 4.59. The molecule has 1 unspecified atom stereocenters. The van der Waals surface area contributed by atoms with E-state index >= 15 is 0 Å². The number of nitrogens with one attached hydrogen (secondary N) is 1. The first-order valence-corrected chi connectivity index (χ1v) is 6.72. The Morgan fingerprint density at radius 2 is 2.14 bits per heavy atom. The van der Waals surface area contributed by atoms with Crippen LogP contribution in [0.25, 0.3) is 6.08 Å². The molecule has 1 heterocycles. The topological polar surface area (TPSA) is 51.2 Å². The Balaban J connectivity index is 1.96. The Hall–Kier alpha value is -2.62. The summed E-state index contributed by atoms with van der Waals surface area (Å²) in [6, 6.07) is 13.0. The van der Waals surface area contributed by atoms with Crippen molar-refractivity contribution < 1.29 is 9.53 Å². The van der Waals surface area contributed by atoms with Gasteiger partial charge < -0.3 is 10.1 Å². The van der Waals surface area contributed by atoms with E-state index in [2.05, 4.69) is 10.3 Å². The second kappa shape index (κ2) is 7.24. The molecule has 0 spiro atoms. The molecule has 21 heavy (non-hydrogen) atoms. The second-order valence-corrected chi connectivity index (χ2v) is 4.59. The van der Waals surface area contributed by atoms with E-state index in [0.29, 0.717) is 0 Å². The summed E-state index contributed by atoms with van der Waals surface area (Å²) in [7, 11) is 1.62. The fourth-order valence-corrected chi connectivity index (χ4v) is 1.88. The molecule has 0 bridgehead atoms. The van der Waals surface area contributed by atoms with Gasteiger partial charge in [-0.05, 0) is 42.8 Å². The van der Waals surface area contributed by atoms with Crippen LogP contribution in [0.5, 0.6) is 5.75 Å². The van der Waals surface area contributed by atoms with Crippen molar-refractivity contribution >= 4 is 12.0 Å². The van der Waals surface area contributed by atoms with Crippen molar-refractivity contribution in [3.05, 3.63) is 66.0 Å². The zero-order valence-corrected chi connectivity index (χ0v) is 12.1. The van der Waals surface area contributed by atoms with Crippen molar-refractivity contribution in [1.29, 1.82) is 0 Å². The summed E-state index contributed by atoms with van der Waals surface area (Å²) in [6.07, 6.45) is 4.97. The van der Waals surface area contributed by atoms with Crippen LogP contribution in [0.4, 0.5) is 0 Å². The summed E-state index contributed by atoms with van der Waals surface area (Å²) in [5.41, 5.74) is 1.75. The number of hydrogen-bond donors (Lipinski definition) is 1. The van der Waals surface area contributed by atoms with E-state index in [1.165, 1.54) is 6.08 Å². The molecule has 1 aromatic heterocycles. The number of pyridine rings is 1. The maximum Gasteiger partial charge on any atom is 0.244 e. The highest BCUT2D eigenvalue weighted by Crippen LogP contribution is 2.13. The standard InChI is InChI=1S/C17H18N2O2/c1-13(16-8-3-4-11-18-16)19-17(20)10-9-14-6-5-7-15(12-14)21-2/h3-13H,1-2H3,(H,19,20)/b10-9+. The van der Waals surface area contributed by atoms with Gasteiger partial charge in [0.25, 0.3) is 0 Å². The van der Waals surface area contributed by atoms with Gasteiger partial charge in [0, 0.05) is 12.3 Å². The van der Waals surface area contributed by atoms with Gasteiger partial charge in [-0.2, -0.15) is 0 Å².